The third-order valence-electron chi connectivity index (χ3n) is 2.16. The molecule has 3 nitrogen and oxygen atoms in total. The van der Waals surface area contributed by atoms with Crippen LogP contribution in [0.25, 0.3) is 0 Å². The fraction of sp³-hybridized carbons (Fsp3) is 0.182. The highest BCUT2D eigenvalue weighted by Crippen LogP contribution is 2.05. The molecule has 0 fully saturated rings. The Labute approximate surface area is 87.3 Å². The number of benzene rings is 1. The fourth-order valence-corrected chi connectivity index (χ4v) is 1.36. The van der Waals surface area contributed by atoms with Gasteiger partial charge in [0.25, 0.3) is 0 Å². The van der Waals surface area contributed by atoms with Gasteiger partial charge in [-0.05, 0) is 6.07 Å². The average Bonchev–Trinajstić information content (AvgIpc) is 2.74. The molecule has 0 aliphatic heterocycles. The average molecular weight is 205 g/mol. The minimum absolute atomic E-state index is 0.169. The molecule has 0 aliphatic carbocycles. The number of hydrogen-bond donors (Lipinski definition) is 2. The van der Waals surface area contributed by atoms with Crippen LogP contribution in [0.15, 0.2) is 36.7 Å². The highest BCUT2D eigenvalue weighted by Gasteiger charge is 1.99. The van der Waals surface area contributed by atoms with Gasteiger partial charge >= 0.3 is 0 Å². The Morgan fingerprint density at radius 3 is 2.87 bits per heavy atom. The maximum Gasteiger partial charge on any atom is 0.127 e. The van der Waals surface area contributed by atoms with E-state index in [9.17, 15) is 4.39 Å². The highest BCUT2D eigenvalue weighted by atomic mass is 19.1. The van der Waals surface area contributed by atoms with Gasteiger partial charge in [0.05, 0.1) is 6.20 Å². The van der Waals surface area contributed by atoms with Crippen LogP contribution in [0.2, 0.25) is 0 Å². The van der Waals surface area contributed by atoms with Gasteiger partial charge < -0.3 is 5.32 Å². The molecule has 0 radical (unpaired) electrons. The molecule has 2 aromatic rings. The Morgan fingerprint density at radius 1 is 1.27 bits per heavy atom. The van der Waals surface area contributed by atoms with Crippen LogP contribution in [-0.4, -0.2) is 10.2 Å². The van der Waals surface area contributed by atoms with Crippen molar-refractivity contribution >= 4 is 0 Å². The van der Waals surface area contributed by atoms with Crippen molar-refractivity contribution in [3.63, 3.8) is 0 Å². The zero-order valence-corrected chi connectivity index (χ0v) is 8.20. The van der Waals surface area contributed by atoms with Crippen molar-refractivity contribution in [2.45, 2.75) is 13.1 Å². The molecule has 0 amide bonds. The molecule has 2 rings (SSSR count). The Morgan fingerprint density at radius 2 is 2.13 bits per heavy atom. The molecule has 0 saturated carbocycles. The number of hydrogen-bond acceptors (Lipinski definition) is 2. The number of nitrogens with zero attached hydrogens (tertiary/aromatic N) is 1. The maximum absolute atomic E-state index is 13.2. The second-order valence-electron chi connectivity index (χ2n) is 3.30. The second-order valence-corrected chi connectivity index (χ2v) is 3.30. The molecule has 0 aliphatic rings. The molecule has 0 saturated heterocycles. The van der Waals surface area contributed by atoms with E-state index in [0.29, 0.717) is 18.7 Å². The number of aromatic amines is 1. The van der Waals surface area contributed by atoms with Gasteiger partial charge in [0, 0.05) is 30.4 Å². The van der Waals surface area contributed by atoms with Crippen LogP contribution < -0.4 is 5.32 Å². The van der Waals surface area contributed by atoms with Gasteiger partial charge in [0.1, 0.15) is 5.82 Å². The Hall–Kier alpha value is -1.68. The van der Waals surface area contributed by atoms with Gasteiger partial charge in [-0.2, -0.15) is 5.10 Å². The standard InChI is InChI=1S/C11H12FN3/c12-11-4-2-1-3-10(11)8-13-5-9-6-14-15-7-9/h1-4,6-7,13H,5,8H2,(H,14,15). The molecule has 0 bridgehead atoms. The van der Waals surface area contributed by atoms with Crippen LogP contribution in [0.4, 0.5) is 4.39 Å². The van der Waals surface area contributed by atoms with Crippen LogP contribution in [0, 0.1) is 5.82 Å². The van der Waals surface area contributed by atoms with Crippen LogP contribution in [-0.2, 0) is 13.1 Å². The summed E-state index contributed by atoms with van der Waals surface area (Å²) in [4.78, 5) is 0. The SMILES string of the molecule is Fc1ccccc1CNCc1cn[nH]c1. The van der Waals surface area contributed by atoms with Gasteiger partial charge in [0.2, 0.25) is 0 Å². The zero-order valence-electron chi connectivity index (χ0n) is 8.20. The van der Waals surface area contributed by atoms with Crippen molar-refractivity contribution < 1.29 is 4.39 Å². The van der Waals surface area contributed by atoms with E-state index in [1.165, 1.54) is 6.07 Å². The molecule has 4 heteroatoms. The van der Waals surface area contributed by atoms with Crippen molar-refractivity contribution in [1.82, 2.24) is 15.5 Å². The quantitative estimate of drug-likeness (QED) is 0.799. The minimum atomic E-state index is -0.169. The molecule has 0 spiro atoms. The van der Waals surface area contributed by atoms with E-state index < -0.39 is 0 Å². The van der Waals surface area contributed by atoms with E-state index in [4.69, 9.17) is 0 Å². The summed E-state index contributed by atoms with van der Waals surface area (Å²) < 4.78 is 13.2. The lowest BCUT2D eigenvalue weighted by Gasteiger charge is -2.03. The Kier molecular flexibility index (Phi) is 3.09. The van der Waals surface area contributed by atoms with Crippen LogP contribution in [0.3, 0.4) is 0 Å². The number of nitrogens with one attached hydrogen (secondary N) is 2. The van der Waals surface area contributed by atoms with E-state index >= 15 is 0 Å². The molecule has 2 N–H and O–H groups in total. The number of rotatable bonds is 4. The van der Waals surface area contributed by atoms with Gasteiger partial charge in [-0.15, -0.1) is 0 Å². The molecule has 0 atom stereocenters. The molecule has 15 heavy (non-hydrogen) atoms. The first-order valence-corrected chi connectivity index (χ1v) is 4.78. The first kappa shape index (κ1) is 9.86. The molecule has 78 valence electrons. The number of halogens is 1. The maximum atomic E-state index is 13.2. The summed E-state index contributed by atoms with van der Waals surface area (Å²) in [6, 6.07) is 6.76. The number of H-pyrrole nitrogens is 1. The molecule has 1 heterocycles. The Bertz CT molecular complexity index is 412. The third kappa shape index (κ3) is 2.63. The lowest BCUT2D eigenvalue weighted by atomic mass is 10.2. The summed E-state index contributed by atoms with van der Waals surface area (Å²) >= 11 is 0. The van der Waals surface area contributed by atoms with E-state index in [-0.39, 0.29) is 5.82 Å². The summed E-state index contributed by atoms with van der Waals surface area (Å²) in [5.41, 5.74) is 1.74. The molecule has 1 aromatic carbocycles. The van der Waals surface area contributed by atoms with Gasteiger partial charge in [-0.25, -0.2) is 4.39 Å². The normalized spacial score (nSPS) is 10.5. The van der Waals surface area contributed by atoms with E-state index in [1.54, 1.807) is 18.3 Å². The minimum Gasteiger partial charge on any atom is -0.308 e. The zero-order chi connectivity index (χ0) is 10.5. The summed E-state index contributed by atoms with van der Waals surface area (Å²) in [6.07, 6.45) is 3.56. The predicted octanol–water partition coefficient (Wildman–Crippen LogP) is 1.84. The van der Waals surface area contributed by atoms with Crippen molar-refractivity contribution in [2.75, 3.05) is 0 Å². The topological polar surface area (TPSA) is 40.7 Å². The van der Waals surface area contributed by atoms with Crippen molar-refractivity contribution in [3.05, 3.63) is 53.6 Å². The molecule has 0 unspecified atom stereocenters. The van der Waals surface area contributed by atoms with Crippen molar-refractivity contribution in [1.29, 1.82) is 0 Å². The lowest BCUT2D eigenvalue weighted by Crippen LogP contribution is -2.13. The van der Waals surface area contributed by atoms with E-state index in [1.807, 2.05) is 12.3 Å². The van der Waals surface area contributed by atoms with Gasteiger partial charge in [-0.3, -0.25) is 5.10 Å². The van der Waals surface area contributed by atoms with Crippen LogP contribution in [0.1, 0.15) is 11.1 Å². The largest absolute Gasteiger partial charge is 0.308 e. The van der Waals surface area contributed by atoms with E-state index in [0.717, 1.165) is 5.56 Å². The third-order valence-corrected chi connectivity index (χ3v) is 2.16. The van der Waals surface area contributed by atoms with Crippen LogP contribution >= 0.6 is 0 Å². The van der Waals surface area contributed by atoms with Crippen molar-refractivity contribution in [2.24, 2.45) is 0 Å². The Balaban J connectivity index is 1.86. The lowest BCUT2D eigenvalue weighted by molar-refractivity contribution is 0.588. The number of aromatic nitrogens is 2. The predicted molar refractivity (Wildman–Crippen MR) is 55.5 cm³/mol. The molecule has 1 aromatic heterocycles. The van der Waals surface area contributed by atoms with E-state index in [2.05, 4.69) is 15.5 Å². The first-order chi connectivity index (χ1) is 7.36. The highest BCUT2D eigenvalue weighted by molar-refractivity contribution is 5.17. The van der Waals surface area contributed by atoms with Gasteiger partial charge in [-0.1, -0.05) is 18.2 Å². The first-order valence-electron chi connectivity index (χ1n) is 4.78. The summed E-state index contributed by atoms with van der Waals surface area (Å²) in [7, 11) is 0. The summed E-state index contributed by atoms with van der Waals surface area (Å²) in [5, 5.41) is 9.70. The summed E-state index contributed by atoms with van der Waals surface area (Å²) in [6.45, 7) is 1.21. The van der Waals surface area contributed by atoms with Crippen molar-refractivity contribution in [3.8, 4) is 0 Å². The molecular weight excluding hydrogens is 193 g/mol. The molecular formula is C11H12FN3. The monoisotopic (exact) mass is 205 g/mol. The van der Waals surface area contributed by atoms with Gasteiger partial charge in [0.15, 0.2) is 0 Å². The second kappa shape index (κ2) is 4.70. The fourth-order valence-electron chi connectivity index (χ4n) is 1.36. The van der Waals surface area contributed by atoms with Crippen LogP contribution in [0.5, 0.6) is 0 Å². The summed E-state index contributed by atoms with van der Waals surface area (Å²) in [5.74, 6) is -0.169. The smallest absolute Gasteiger partial charge is 0.127 e.